The fourth-order valence-electron chi connectivity index (χ4n) is 2.06. The van der Waals surface area contributed by atoms with Gasteiger partial charge in [-0.25, -0.2) is 0 Å². The van der Waals surface area contributed by atoms with Crippen molar-refractivity contribution in [2.45, 2.75) is 11.7 Å². The van der Waals surface area contributed by atoms with Crippen molar-refractivity contribution in [2.24, 2.45) is 5.73 Å². The second-order valence-electron chi connectivity index (χ2n) is 4.54. The molecule has 0 radical (unpaired) electrons. The van der Waals surface area contributed by atoms with E-state index in [1.54, 1.807) is 0 Å². The first kappa shape index (κ1) is 15.7. The molecule has 2 aromatic carbocycles. The fourth-order valence-corrected chi connectivity index (χ4v) is 2.19. The molecule has 0 aliphatic carbocycles. The number of nitrogens with two attached hydrogens (primary N) is 1. The number of halogens is 4. The van der Waals surface area contributed by atoms with Gasteiger partial charge in [-0.3, -0.25) is 0 Å². The van der Waals surface area contributed by atoms with Gasteiger partial charge in [0.25, 0.3) is 0 Å². The third-order valence-electron chi connectivity index (χ3n) is 3.29. The van der Waals surface area contributed by atoms with Crippen LogP contribution in [-0.4, -0.2) is 13.3 Å². The molecule has 0 aliphatic rings. The summed E-state index contributed by atoms with van der Waals surface area (Å²) < 4.78 is 45.7. The van der Waals surface area contributed by atoms with Crippen LogP contribution in [0.4, 0.5) is 13.2 Å². The van der Waals surface area contributed by atoms with Crippen LogP contribution in [0.1, 0.15) is 11.1 Å². The van der Waals surface area contributed by atoms with Crippen LogP contribution in [0, 0.1) is 0 Å². The van der Waals surface area contributed by atoms with E-state index < -0.39 is 11.7 Å². The standard InChI is InChI=1S/C15H13ClF3NO/c1-21-13-8-4-11(5-9-13)14(20,15(17,18)19)10-2-6-12(16)7-3-10/h2-9H,20H2,1H3/t14-/m1/s1. The van der Waals surface area contributed by atoms with E-state index in [9.17, 15) is 13.2 Å². The average Bonchev–Trinajstić information content (AvgIpc) is 2.46. The van der Waals surface area contributed by atoms with Crippen LogP contribution in [-0.2, 0) is 5.54 Å². The molecule has 0 aliphatic heterocycles. The van der Waals surface area contributed by atoms with Crippen molar-refractivity contribution in [3.05, 3.63) is 64.7 Å². The highest BCUT2D eigenvalue weighted by atomic mass is 35.5. The van der Waals surface area contributed by atoms with Crippen molar-refractivity contribution in [3.63, 3.8) is 0 Å². The van der Waals surface area contributed by atoms with E-state index in [0.717, 1.165) is 0 Å². The van der Waals surface area contributed by atoms with Crippen molar-refractivity contribution in [2.75, 3.05) is 7.11 Å². The summed E-state index contributed by atoms with van der Waals surface area (Å²) in [5, 5.41) is 0.345. The minimum atomic E-state index is -4.66. The number of hydrogen-bond acceptors (Lipinski definition) is 2. The van der Waals surface area contributed by atoms with Gasteiger partial charge >= 0.3 is 6.18 Å². The summed E-state index contributed by atoms with van der Waals surface area (Å²) in [6, 6.07) is 10.8. The maximum atomic E-state index is 13.6. The summed E-state index contributed by atoms with van der Waals surface area (Å²) in [6.07, 6.45) is -4.66. The molecule has 6 heteroatoms. The summed E-state index contributed by atoms with van der Waals surface area (Å²) in [6.45, 7) is 0. The minimum absolute atomic E-state index is 0.0712. The number of methoxy groups -OCH3 is 1. The van der Waals surface area contributed by atoms with Gasteiger partial charge in [-0.05, 0) is 35.4 Å². The molecule has 0 aromatic heterocycles. The van der Waals surface area contributed by atoms with Gasteiger partial charge in [0.1, 0.15) is 5.75 Å². The Balaban J connectivity index is 2.58. The highest BCUT2D eigenvalue weighted by Crippen LogP contribution is 2.42. The zero-order chi connectivity index (χ0) is 15.7. The van der Waals surface area contributed by atoms with Crippen molar-refractivity contribution in [1.29, 1.82) is 0 Å². The Bertz CT molecular complexity index is 610. The second kappa shape index (κ2) is 5.58. The van der Waals surface area contributed by atoms with E-state index in [4.69, 9.17) is 22.1 Å². The topological polar surface area (TPSA) is 35.2 Å². The predicted molar refractivity (Wildman–Crippen MR) is 75.5 cm³/mol. The van der Waals surface area contributed by atoms with Crippen LogP contribution >= 0.6 is 11.6 Å². The van der Waals surface area contributed by atoms with Gasteiger partial charge < -0.3 is 10.5 Å². The smallest absolute Gasteiger partial charge is 0.414 e. The highest BCUT2D eigenvalue weighted by molar-refractivity contribution is 6.30. The van der Waals surface area contributed by atoms with Gasteiger partial charge in [-0.2, -0.15) is 13.2 Å². The number of hydrogen-bond donors (Lipinski definition) is 1. The highest BCUT2D eigenvalue weighted by Gasteiger charge is 2.54. The Morgan fingerprint density at radius 2 is 1.33 bits per heavy atom. The van der Waals surface area contributed by atoms with Crippen LogP contribution in [0.25, 0.3) is 0 Å². The van der Waals surface area contributed by atoms with Crippen LogP contribution in [0.2, 0.25) is 5.02 Å². The molecule has 0 bridgehead atoms. The van der Waals surface area contributed by atoms with E-state index in [1.165, 1.54) is 55.6 Å². The number of alkyl halides is 3. The monoisotopic (exact) mass is 315 g/mol. The summed E-state index contributed by atoms with van der Waals surface area (Å²) in [5.74, 6) is 0.458. The van der Waals surface area contributed by atoms with Crippen LogP contribution in [0.3, 0.4) is 0 Å². The molecule has 112 valence electrons. The van der Waals surface area contributed by atoms with Gasteiger partial charge in [0.2, 0.25) is 0 Å². The number of ether oxygens (including phenoxy) is 1. The van der Waals surface area contributed by atoms with Gasteiger partial charge in [-0.1, -0.05) is 35.9 Å². The average molecular weight is 316 g/mol. The Morgan fingerprint density at radius 3 is 1.71 bits per heavy atom. The molecule has 0 saturated carbocycles. The lowest BCUT2D eigenvalue weighted by Crippen LogP contribution is -2.51. The largest absolute Gasteiger partial charge is 0.497 e. The van der Waals surface area contributed by atoms with E-state index in [-0.39, 0.29) is 11.1 Å². The number of benzene rings is 2. The molecule has 2 nitrogen and oxygen atoms in total. The zero-order valence-electron chi connectivity index (χ0n) is 11.1. The molecule has 2 aromatic rings. The minimum Gasteiger partial charge on any atom is -0.497 e. The fraction of sp³-hybridized carbons (Fsp3) is 0.200. The number of rotatable bonds is 3. The summed E-state index contributed by atoms with van der Waals surface area (Å²) in [5.41, 5.74) is 2.99. The SMILES string of the molecule is COc1ccc([C@](N)(c2ccc(Cl)cc2)C(F)(F)F)cc1. The van der Waals surface area contributed by atoms with E-state index in [0.29, 0.717) is 10.8 Å². The van der Waals surface area contributed by atoms with Gasteiger partial charge in [-0.15, -0.1) is 0 Å². The summed E-state index contributed by atoms with van der Waals surface area (Å²) in [4.78, 5) is 0. The lowest BCUT2D eigenvalue weighted by atomic mass is 9.83. The third kappa shape index (κ3) is 2.84. The molecule has 0 amide bonds. The maximum Gasteiger partial charge on any atom is 0.414 e. The molecule has 0 spiro atoms. The van der Waals surface area contributed by atoms with Crippen molar-refractivity contribution >= 4 is 11.6 Å². The van der Waals surface area contributed by atoms with Crippen LogP contribution in [0.15, 0.2) is 48.5 Å². The molecule has 0 unspecified atom stereocenters. The molecule has 0 saturated heterocycles. The van der Waals surface area contributed by atoms with E-state index in [1.807, 2.05) is 0 Å². The van der Waals surface area contributed by atoms with Gasteiger partial charge in [0.05, 0.1) is 7.11 Å². The molecule has 0 fully saturated rings. The summed E-state index contributed by atoms with van der Waals surface area (Å²) in [7, 11) is 1.44. The Kier molecular flexibility index (Phi) is 4.16. The molecular formula is C15H13ClF3NO. The second-order valence-corrected chi connectivity index (χ2v) is 4.98. The quantitative estimate of drug-likeness (QED) is 0.925. The third-order valence-corrected chi connectivity index (χ3v) is 3.54. The molecule has 21 heavy (non-hydrogen) atoms. The first-order valence-corrected chi connectivity index (χ1v) is 6.43. The maximum absolute atomic E-state index is 13.6. The van der Waals surface area contributed by atoms with Crippen molar-refractivity contribution in [1.82, 2.24) is 0 Å². The summed E-state index contributed by atoms with van der Waals surface area (Å²) >= 11 is 5.72. The van der Waals surface area contributed by atoms with Crippen molar-refractivity contribution < 1.29 is 17.9 Å². The van der Waals surface area contributed by atoms with Crippen LogP contribution in [0.5, 0.6) is 5.75 Å². The van der Waals surface area contributed by atoms with E-state index in [2.05, 4.69) is 0 Å². The molecule has 2 N–H and O–H groups in total. The molecule has 2 rings (SSSR count). The Hall–Kier alpha value is -1.72. The van der Waals surface area contributed by atoms with Crippen LogP contribution < -0.4 is 10.5 Å². The normalized spacial score (nSPS) is 14.6. The Labute approximate surface area is 125 Å². The zero-order valence-corrected chi connectivity index (χ0v) is 11.9. The Morgan fingerprint density at radius 1 is 0.905 bits per heavy atom. The molecular weight excluding hydrogens is 303 g/mol. The predicted octanol–water partition coefficient (Wildman–Crippen LogP) is 4.11. The lowest BCUT2D eigenvalue weighted by Gasteiger charge is -2.33. The van der Waals surface area contributed by atoms with Gasteiger partial charge in [0.15, 0.2) is 5.54 Å². The first-order valence-electron chi connectivity index (χ1n) is 6.05. The van der Waals surface area contributed by atoms with Crippen molar-refractivity contribution in [3.8, 4) is 5.75 Å². The van der Waals surface area contributed by atoms with E-state index >= 15 is 0 Å². The van der Waals surface area contributed by atoms with Gasteiger partial charge in [0, 0.05) is 5.02 Å². The lowest BCUT2D eigenvalue weighted by molar-refractivity contribution is -0.176. The first-order chi connectivity index (χ1) is 9.79. The molecule has 1 atom stereocenters. The molecule has 0 heterocycles.